The molecule has 1 amide bonds. The number of hydrogen-bond donors (Lipinski definition) is 1. The van der Waals surface area contributed by atoms with Crippen molar-refractivity contribution in [2.75, 3.05) is 20.4 Å². The van der Waals surface area contributed by atoms with Crippen LogP contribution in [0.3, 0.4) is 0 Å². The van der Waals surface area contributed by atoms with Gasteiger partial charge in [0.25, 0.3) is 5.91 Å². The number of ether oxygens (including phenoxy) is 3. The molecular formula is C21H20FNO5. The summed E-state index contributed by atoms with van der Waals surface area (Å²) in [4.78, 5) is 12.6. The third-order valence-electron chi connectivity index (χ3n) is 4.78. The van der Waals surface area contributed by atoms with Gasteiger partial charge < -0.3 is 23.9 Å². The van der Waals surface area contributed by atoms with E-state index in [4.69, 9.17) is 18.6 Å². The molecule has 0 saturated heterocycles. The topological polar surface area (TPSA) is 69.9 Å². The summed E-state index contributed by atoms with van der Waals surface area (Å²) in [6.45, 7) is 2.60. The second kappa shape index (κ2) is 7.52. The first-order valence-corrected chi connectivity index (χ1v) is 8.94. The molecule has 0 fully saturated rings. The molecule has 1 aromatic heterocycles. The van der Waals surface area contributed by atoms with Crippen molar-refractivity contribution in [1.29, 1.82) is 0 Å². The van der Waals surface area contributed by atoms with Gasteiger partial charge >= 0.3 is 0 Å². The molecule has 6 nitrogen and oxygen atoms in total. The normalized spacial score (nSPS) is 13.1. The standard InChI is InChI=1S/C21H20FNO5/c1-12-17-9-16(25-2)3-4-18(17)28-19(12)21(24)23-6-5-13-7-15(22)8-14-10-26-11-27-20(13)14/h3-4,7-9H,5-6,10-11H2,1-2H3,(H,23,24). The zero-order valence-electron chi connectivity index (χ0n) is 15.6. The number of carbonyl (C=O) groups excluding carboxylic acids is 1. The van der Waals surface area contributed by atoms with E-state index in [1.807, 2.05) is 13.0 Å². The van der Waals surface area contributed by atoms with Crippen LogP contribution in [0.4, 0.5) is 4.39 Å². The first-order chi connectivity index (χ1) is 13.6. The molecule has 0 radical (unpaired) electrons. The number of hydrogen-bond acceptors (Lipinski definition) is 5. The van der Waals surface area contributed by atoms with Gasteiger partial charge in [0.15, 0.2) is 12.6 Å². The largest absolute Gasteiger partial charge is 0.497 e. The van der Waals surface area contributed by atoms with Crippen molar-refractivity contribution in [2.24, 2.45) is 0 Å². The van der Waals surface area contributed by atoms with Gasteiger partial charge in [0.05, 0.1) is 13.7 Å². The Morgan fingerprint density at radius 3 is 2.96 bits per heavy atom. The molecule has 3 aromatic rings. The number of fused-ring (bicyclic) bond motifs is 2. The Balaban J connectivity index is 1.48. The molecule has 0 spiro atoms. The van der Waals surface area contributed by atoms with Crippen LogP contribution in [0, 0.1) is 12.7 Å². The van der Waals surface area contributed by atoms with Crippen molar-refractivity contribution in [2.45, 2.75) is 20.0 Å². The molecule has 7 heteroatoms. The molecule has 28 heavy (non-hydrogen) atoms. The van der Waals surface area contributed by atoms with Gasteiger partial charge in [0.2, 0.25) is 0 Å². The monoisotopic (exact) mass is 385 g/mol. The quantitative estimate of drug-likeness (QED) is 0.725. The average molecular weight is 385 g/mol. The van der Waals surface area contributed by atoms with Crippen LogP contribution in [0.5, 0.6) is 11.5 Å². The van der Waals surface area contributed by atoms with E-state index in [1.165, 1.54) is 12.1 Å². The van der Waals surface area contributed by atoms with E-state index in [1.54, 1.807) is 19.2 Å². The highest BCUT2D eigenvalue weighted by atomic mass is 19.1. The summed E-state index contributed by atoms with van der Waals surface area (Å²) < 4.78 is 35.4. The van der Waals surface area contributed by atoms with E-state index in [9.17, 15) is 9.18 Å². The molecule has 0 aliphatic carbocycles. The fourth-order valence-corrected chi connectivity index (χ4v) is 3.38. The third-order valence-corrected chi connectivity index (χ3v) is 4.78. The van der Waals surface area contributed by atoms with Gasteiger partial charge in [-0.05, 0) is 49.2 Å². The molecule has 2 aromatic carbocycles. The van der Waals surface area contributed by atoms with Gasteiger partial charge in [-0.1, -0.05) is 0 Å². The van der Waals surface area contributed by atoms with Crippen molar-refractivity contribution >= 4 is 16.9 Å². The van der Waals surface area contributed by atoms with Crippen LogP contribution in [0.2, 0.25) is 0 Å². The van der Waals surface area contributed by atoms with Gasteiger partial charge in [-0.15, -0.1) is 0 Å². The zero-order valence-corrected chi connectivity index (χ0v) is 15.6. The Morgan fingerprint density at radius 2 is 2.14 bits per heavy atom. The number of methoxy groups -OCH3 is 1. The molecule has 1 aliphatic heterocycles. The predicted octanol–water partition coefficient (Wildman–Crippen LogP) is 3.73. The van der Waals surface area contributed by atoms with Crippen molar-refractivity contribution in [3.8, 4) is 11.5 Å². The summed E-state index contributed by atoms with van der Waals surface area (Å²) in [6.07, 6.45) is 0.429. The highest BCUT2D eigenvalue weighted by Gasteiger charge is 2.19. The molecule has 2 heterocycles. The number of rotatable bonds is 5. The predicted molar refractivity (Wildman–Crippen MR) is 100 cm³/mol. The fourth-order valence-electron chi connectivity index (χ4n) is 3.38. The van der Waals surface area contributed by atoms with Gasteiger partial charge in [-0.2, -0.15) is 0 Å². The lowest BCUT2D eigenvalue weighted by molar-refractivity contribution is -0.0172. The van der Waals surface area contributed by atoms with Crippen LogP contribution in [-0.4, -0.2) is 26.4 Å². The highest BCUT2D eigenvalue weighted by Crippen LogP contribution is 2.30. The molecular weight excluding hydrogens is 365 g/mol. The number of benzene rings is 2. The van der Waals surface area contributed by atoms with Crippen LogP contribution < -0.4 is 14.8 Å². The summed E-state index contributed by atoms with van der Waals surface area (Å²) >= 11 is 0. The smallest absolute Gasteiger partial charge is 0.287 e. The maximum Gasteiger partial charge on any atom is 0.287 e. The van der Waals surface area contributed by atoms with E-state index in [-0.39, 0.29) is 24.3 Å². The van der Waals surface area contributed by atoms with Gasteiger partial charge in [-0.3, -0.25) is 4.79 Å². The number of carbonyl (C=O) groups is 1. The molecule has 0 saturated carbocycles. The number of amides is 1. The third kappa shape index (κ3) is 3.41. The summed E-state index contributed by atoms with van der Waals surface area (Å²) in [5, 5.41) is 3.66. The van der Waals surface area contributed by atoms with Crippen LogP contribution in [0.15, 0.2) is 34.7 Å². The van der Waals surface area contributed by atoms with Crippen molar-refractivity contribution in [3.63, 3.8) is 0 Å². The van der Waals surface area contributed by atoms with Crippen LogP contribution >= 0.6 is 0 Å². The first kappa shape index (κ1) is 18.3. The second-order valence-corrected chi connectivity index (χ2v) is 6.59. The summed E-state index contributed by atoms with van der Waals surface area (Å²) in [6, 6.07) is 8.22. The Hall–Kier alpha value is -3.06. The Kier molecular flexibility index (Phi) is 4.92. The average Bonchev–Trinajstić information content (AvgIpc) is 3.03. The van der Waals surface area contributed by atoms with Crippen LogP contribution in [0.1, 0.15) is 27.2 Å². The summed E-state index contributed by atoms with van der Waals surface area (Å²) in [7, 11) is 1.59. The van der Waals surface area contributed by atoms with Gasteiger partial charge in [0, 0.05) is 23.1 Å². The second-order valence-electron chi connectivity index (χ2n) is 6.59. The molecule has 0 atom stereocenters. The minimum Gasteiger partial charge on any atom is -0.497 e. The molecule has 4 rings (SSSR count). The Bertz CT molecular complexity index is 1040. The fraction of sp³-hybridized carbons (Fsp3) is 0.286. The van der Waals surface area contributed by atoms with Crippen LogP contribution in [0.25, 0.3) is 11.0 Å². The minimum atomic E-state index is -0.351. The number of nitrogens with one attached hydrogen (secondary N) is 1. The number of halogens is 1. The summed E-state index contributed by atoms with van der Waals surface area (Å²) in [5.41, 5.74) is 2.74. The number of aryl methyl sites for hydroxylation is 1. The van der Waals surface area contributed by atoms with Gasteiger partial charge in [0.1, 0.15) is 22.9 Å². The maximum absolute atomic E-state index is 13.8. The molecule has 0 bridgehead atoms. The Morgan fingerprint density at radius 1 is 1.29 bits per heavy atom. The minimum absolute atomic E-state index is 0.139. The van der Waals surface area contributed by atoms with Crippen molar-refractivity contribution in [1.82, 2.24) is 5.32 Å². The lowest BCUT2D eigenvalue weighted by atomic mass is 10.1. The molecule has 1 aliphatic rings. The van der Waals surface area contributed by atoms with E-state index in [2.05, 4.69) is 5.32 Å². The van der Waals surface area contributed by atoms with E-state index >= 15 is 0 Å². The van der Waals surface area contributed by atoms with Crippen LogP contribution in [-0.2, 0) is 17.8 Å². The highest BCUT2D eigenvalue weighted by molar-refractivity contribution is 5.99. The maximum atomic E-state index is 13.8. The lowest BCUT2D eigenvalue weighted by Gasteiger charge is -2.20. The summed E-state index contributed by atoms with van der Waals surface area (Å²) in [5.74, 6) is 0.921. The Labute approximate surface area is 161 Å². The lowest BCUT2D eigenvalue weighted by Crippen LogP contribution is -2.26. The van der Waals surface area contributed by atoms with E-state index in [0.717, 1.165) is 10.9 Å². The van der Waals surface area contributed by atoms with Crippen molar-refractivity contribution in [3.05, 3.63) is 58.6 Å². The van der Waals surface area contributed by atoms with E-state index < -0.39 is 0 Å². The molecule has 146 valence electrons. The van der Waals surface area contributed by atoms with E-state index in [0.29, 0.717) is 47.8 Å². The molecule has 0 unspecified atom stereocenters. The molecule has 1 N–H and O–H groups in total. The number of furan rings is 1. The first-order valence-electron chi connectivity index (χ1n) is 8.94. The van der Waals surface area contributed by atoms with Gasteiger partial charge in [-0.25, -0.2) is 4.39 Å². The zero-order chi connectivity index (χ0) is 19.7. The van der Waals surface area contributed by atoms with Crippen molar-refractivity contribution < 1.29 is 27.8 Å². The SMILES string of the molecule is COc1ccc2oc(C(=O)NCCc3cc(F)cc4c3OCOC4)c(C)c2c1.